The van der Waals surface area contributed by atoms with Crippen molar-refractivity contribution < 1.29 is 0 Å². The number of aryl methyl sites for hydroxylation is 1. The number of nitrogens with one attached hydrogen (secondary N) is 1. The molecule has 1 N–H and O–H groups in total. The maximum Gasteiger partial charge on any atom is 0.0456 e. The highest BCUT2D eigenvalue weighted by atomic mass is 35.5. The Balaban J connectivity index is 1.34. The van der Waals surface area contributed by atoms with Crippen molar-refractivity contribution in [2.24, 2.45) is 23.7 Å². The Bertz CT molecular complexity index is 776. The first-order valence-corrected chi connectivity index (χ1v) is 10.6. The largest absolute Gasteiger partial charge is 0.318 e. The molecule has 4 aliphatic rings. The molecule has 6 rings (SSSR count). The van der Waals surface area contributed by atoms with Crippen LogP contribution in [0.15, 0.2) is 30.3 Å². The number of hydrogen-bond acceptors (Lipinski definition) is 1. The zero-order valence-electron chi connectivity index (χ0n) is 15.8. The highest BCUT2D eigenvalue weighted by Gasteiger charge is 2.47. The molecular formula is C23H29ClN2. The van der Waals surface area contributed by atoms with Gasteiger partial charge in [0, 0.05) is 34.7 Å². The summed E-state index contributed by atoms with van der Waals surface area (Å²) in [5.41, 5.74) is 5.28. The van der Waals surface area contributed by atoms with Gasteiger partial charge in [-0.3, -0.25) is 0 Å². The van der Waals surface area contributed by atoms with Crippen LogP contribution in [0.3, 0.4) is 0 Å². The molecule has 1 aromatic carbocycles. The van der Waals surface area contributed by atoms with Crippen LogP contribution in [0.5, 0.6) is 0 Å². The summed E-state index contributed by atoms with van der Waals surface area (Å²) in [6, 6.07) is 11.3. The average Bonchev–Trinajstić information content (AvgIpc) is 2.88. The Morgan fingerprint density at radius 1 is 0.962 bits per heavy atom. The van der Waals surface area contributed by atoms with E-state index < -0.39 is 0 Å². The average molecular weight is 369 g/mol. The van der Waals surface area contributed by atoms with Crippen LogP contribution in [0, 0.1) is 37.5 Å². The molecule has 2 nitrogen and oxygen atoms in total. The summed E-state index contributed by atoms with van der Waals surface area (Å²) < 4.78 is 2.35. The molecule has 26 heavy (non-hydrogen) atoms. The van der Waals surface area contributed by atoms with E-state index in [1.807, 2.05) is 12.1 Å². The van der Waals surface area contributed by atoms with E-state index in [-0.39, 0.29) is 0 Å². The standard InChI is InChI=1S/C23H29ClN2/c1-14-7-20(15(2)26(14)22-5-3-21(24)4-6-22)13-25-23-18-9-16-8-17(11-18)12-19(23)10-16/h3-7,16-19,23,25H,8-13H2,1-2H3. The topological polar surface area (TPSA) is 17.0 Å². The molecule has 4 aliphatic carbocycles. The number of benzene rings is 1. The third-order valence-electron chi connectivity index (χ3n) is 7.38. The quantitative estimate of drug-likeness (QED) is 0.736. The minimum absolute atomic E-state index is 0.751. The first-order chi connectivity index (χ1) is 12.6. The molecule has 1 aromatic heterocycles. The monoisotopic (exact) mass is 368 g/mol. The van der Waals surface area contributed by atoms with Gasteiger partial charge < -0.3 is 9.88 Å². The van der Waals surface area contributed by atoms with E-state index >= 15 is 0 Å². The normalized spacial score (nSPS) is 32.3. The van der Waals surface area contributed by atoms with Gasteiger partial charge in [0.2, 0.25) is 0 Å². The number of halogens is 1. The van der Waals surface area contributed by atoms with Gasteiger partial charge >= 0.3 is 0 Å². The summed E-state index contributed by atoms with van der Waals surface area (Å²) in [4.78, 5) is 0. The zero-order valence-corrected chi connectivity index (χ0v) is 16.6. The van der Waals surface area contributed by atoms with Crippen LogP contribution in [-0.4, -0.2) is 10.6 Å². The second kappa shape index (κ2) is 6.42. The molecule has 2 aromatic rings. The van der Waals surface area contributed by atoms with Crippen molar-refractivity contribution in [3.63, 3.8) is 0 Å². The second-order valence-electron chi connectivity index (χ2n) is 9.05. The first-order valence-electron chi connectivity index (χ1n) is 10.3. The van der Waals surface area contributed by atoms with E-state index in [4.69, 9.17) is 11.6 Å². The van der Waals surface area contributed by atoms with Gasteiger partial charge in [0.1, 0.15) is 0 Å². The Hall–Kier alpha value is -1.25. The summed E-state index contributed by atoms with van der Waals surface area (Å²) in [6.07, 6.45) is 7.45. The second-order valence-corrected chi connectivity index (χ2v) is 9.48. The highest BCUT2D eigenvalue weighted by Crippen LogP contribution is 2.53. The Morgan fingerprint density at radius 3 is 2.19 bits per heavy atom. The summed E-state index contributed by atoms with van der Waals surface area (Å²) >= 11 is 6.06. The third kappa shape index (κ3) is 2.82. The molecular weight excluding hydrogens is 340 g/mol. The summed E-state index contributed by atoms with van der Waals surface area (Å²) in [6.45, 7) is 5.45. The van der Waals surface area contributed by atoms with Crippen molar-refractivity contribution >= 4 is 11.6 Å². The van der Waals surface area contributed by atoms with Crippen molar-refractivity contribution in [3.05, 3.63) is 52.3 Å². The molecule has 0 atom stereocenters. The van der Waals surface area contributed by atoms with E-state index in [1.165, 1.54) is 54.7 Å². The number of aromatic nitrogens is 1. The lowest BCUT2D eigenvalue weighted by Crippen LogP contribution is -2.54. The van der Waals surface area contributed by atoms with Gasteiger partial charge in [-0.1, -0.05) is 11.6 Å². The van der Waals surface area contributed by atoms with Gasteiger partial charge in [0.15, 0.2) is 0 Å². The van der Waals surface area contributed by atoms with Gasteiger partial charge in [-0.25, -0.2) is 0 Å². The van der Waals surface area contributed by atoms with E-state index in [0.717, 1.165) is 41.3 Å². The van der Waals surface area contributed by atoms with E-state index in [1.54, 1.807) is 0 Å². The van der Waals surface area contributed by atoms with Crippen molar-refractivity contribution in [1.82, 2.24) is 9.88 Å². The minimum atomic E-state index is 0.751. The van der Waals surface area contributed by atoms with Crippen molar-refractivity contribution in [1.29, 1.82) is 0 Å². The van der Waals surface area contributed by atoms with Crippen LogP contribution in [0.2, 0.25) is 5.02 Å². The van der Waals surface area contributed by atoms with Crippen molar-refractivity contribution in [2.45, 2.75) is 58.5 Å². The van der Waals surface area contributed by atoms with Crippen LogP contribution in [0.25, 0.3) is 5.69 Å². The van der Waals surface area contributed by atoms with E-state index in [9.17, 15) is 0 Å². The molecule has 4 bridgehead atoms. The van der Waals surface area contributed by atoms with Gasteiger partial charge in [-0.2, -0.15) is 0 Å². The lowest BCUT2D eigenvalue weighted by Gasteiger charge is -2.54. The van der Waals surface area contributed by atoms with Crippen LogP contribution in [0.1, 0.15) is 49.1 Å². The zero-order chi connectivity index (χ0) is 17.8. The lowest BCUT2D eigenvalue weighted by molar-refractivity contribution is -0.0142. The van der Waals surface area contributed by atoms with Gasteiger partial charge in [0.05, 0.1) is 0 Å². The molecule has 3 heteroatoms. The fraction of sp³-hybridized carbons (Fsp3) is 0.565. The summed E-state index contributed by atoms with van der Waals surface area (Å²) in [5.74, 6) is 3.97. The Labute approximate surface area is 161 Å². The van der Waals surface area contributed by atoms with Gasteiger partial charge in [0.25, 0.3) is 0 Å². The smallest absolute Gasteiger partial charge is 0.0456 e. The molecule has 138 valence electrons. The van der Waals surface area contributed by atoms with Crippen LogP contribution < -0.4 is 5.32 Å². The molecule has 0 aliphatic heterocycles. The SMILES string of the molecule is Cc1cc(CNC2C3CC4CC(C3)CC2C4)c(C)n1-c1ccc(Cl)cc1. The van der Waals surface area contributed by atoms with Crippen LogP contribution >= 0.6 is 11.6 Å². The number of nitrogens with zero attached hydrogens (tertiary/aromatic N) is 1. The Morgan fingerprint density at radius 2 is 1.58 bits per heavy atom. The molecule has 4 fully saturated rings. The first kappa shape index (κ1) is 16.9. The maximum atomic E-state index is 6.06. The van der Waals surface area contributed by atoms with Crippen molar-refractivity contribution in [3.8, 4) is 5.69 Å². The predicted molar refractivity (Wildman–Crippen MR) is 108 cm³/mol. The Kier molecular flexibility index (Phi) is 4.17. The van der Waals surface area contributed by atoms with Gasteiger partial charge in [-0.15, -0.1) is 0 Å². The summed E-state index contributed by atoms with van der Waals surface area (Å²) in [5, 5.41) is 4.78. The third-order valence-corrected chi connectivity index (χ3v) is 7.63. The van der Waals surface area contributed by atoms with E-state index in [2.05, 4.69) is 41.9 Å². The molecule has 0 radical (unpaired) electrons. The molecule has 0 unspecified atom stereocenters. The van der Waals surface area contributed by atoms with E-state index in [0.29, 0.717) is 0 Å². The number of rotatable bonds is 4. The lowest BCUT2D eigenvalue weighted by atomic mass is 9.54. The number of hydrogen-bond donors (Lipinski definition) is 1. The molecule has 1 heterocycles. The fourth-order valence-corrected chi connectivity index (χ4v) is 6.61. The minimum Gasteiger partial charge on any atom is -0.318 e. The maximum absolute atomic E-state index is 6.06. The van der Waals surface area contributed by atoms with Gasteiger partial charge in [-0.05, 0) is 106 Å². The highest BCUT2D eigenvalue weighted by molar-refractivity contribution is 6.30. The molecule has 0 spiro atoms. The fourth-order valence-electron chi connectivity index (χ4n) is 6.48. The molecule has 4 saturated carbocycles. The molecule has 0 saturated heterocycles. The van der Waals surface area contributed by atoms with Crippen molar-refractivity contribution in [2.75, 3.05) is 0 Å². The predicted octanol–water partition coefficient (Wildman–Crippen LogP) is 5.66. The summed E-state index contributed by atoms with van der Waals surface area (Å²) in [7, 11) is 0. The van der Waals surface area contributed by atoms with Crippen LogP contribution in [0.4, 0.5) is 0 Å². The van der Waals surface area contributed by atoms with Crippen LogP contribution in [-0.2, 0) is 6.54 Å². The molecule has 0 amide bonds.